The van der Waals surface area contributed by atoms with Crippen molar-refractivity contribution in [1.29, 1.82) is 0 Å². The number of aliphatic hydroxyl groups is 4. The van der Waals surface area contributed by atoms with E-state index in [-0.39, 0.29) is 59.0 Å². The third-order valence-electron chi connectivity index (χ3n) is 11.4. The summed E-state index contributed by atoms with van der Waals surface area (Å²) in [5.41, 5.74) is 36.2. The highest BCUT2D eigenvalue weighted by Gasteiger charge is 2.28. The van der Waals surface area contributed by atoms with Crippen molar-refractivity contribution in [2.75, 3.05) is 98.3 Å². The molecule has 0 aliphatic rings. The van der Waals surface area contributed by atoms with Gasteiger partial charge in [-0.25, -0.2) is 0 Å². The average molecular weight is 1220 g/mol. The maximum absolute atomic E-state index is 11.2. The van der Waals surface area contributed by atoms with Crippen LogP contribution in [0.4, 0.5) is 22.7 Å². The van der Waals surface area contributed by atoms with Crippen molar-refractivity contribution in [3.63, 3.8) is 0 Å². The fraction of sp³-hybridized carbons (Fsp3) is 0.385. The molecule has 0 fully saturated rings. The number of rotatable bonds is 32. The van der Waals surface area contributed by atoms with Crippen LogP contribution < -0.4 is 54.0 Å². The summed E-state index contributed by atoms with van der Waals surface area (Å²) in [6.07, 6.45) is -1.88. The molecule has 0 radical (unpaired) electrons. The van der Waals surface area contributed by atoms with Crippen LogP contribution in [0.3, 0.4) is 0 Å². The van der Waals surface area contributed by atoms with Crippen LogP contribution in [-0.4, -0.2) is 188 Å². The molecule has 0 heterocycles. The van der Waals surface area contributed by atoms with E-state index in [9.17, 15) is 48.6 Å². The summed E-state index contributed by atoms with van der Waals surface area (Å²) in [6, 6.07) is 27.4. The summed E-state index contributed by atoms with van der Waals surface area (Å²) >= 11 is 16.2. The number of anilines is 4. The number of hydrogen-bond acceptors (Lipinski definition) is 22. The number of benzene rings is 4. The predicted molar refractivity (Wildman–Crippen MR) is 323 cm³/mol. The number of nitrogens with two attached hydrogens (primary N) is 6. The van der Waals surface area contributed by atoms with Gasteiger partial charge in [0.1, 0.15) is 48.9 Å². The molecular formula is C52H74N10O16S4. The van der Waals surface area contributed by atoms with E-state index < -0.39 is 80.7 Å². The van der Waals surface area contributed by atoms with E-state index in [4.69, 9.17) is 65.0 Å². The number of para-hydroxylation sites is 4. The maximum Gasteiger partial charge on any atom is 0.323 e. The van der Waals surface area contributed by atoms with Gasteiger partial charge in [-0.05, 0) is 48.2 Å². The lowest BCUT2D eigenvalue weighted by atomic mass is 10.0. The first-order chi connectivity index (χ1) is 38.7. The number of aliphatic hydroxyl groups excluding tert-OH is 4. The minimum atomic E-state index is -1.28. The highest BCUT2D eigenvalue weighted by Crippen LogP contribution is 2.32. The molecule has 82 heavy (non-hydrogen) atoms. The first-order valence-electron chi connectivity index (χ1n) is 24.8. The molecule has 30 heteroatoms. The third kappa shape index (κ3) is 25.8. The zero-order valence-electron chi connectivity index (χ0n) is 44.5. The summed E-state index contributed by atoms with van der Waals surface area (Å²) in [5.74, 6) is -6.62. The number of amides is 4. The Morgan fingerprint density at radius 1 is 0.402 bits per heavy atom. The SMILES string of the molecule is NC(=O)C(S)C(O)c1ccccc1N(CCO)CC(=O)O.NC(=O)C(S)Cc1ccccc1N(CCO)CC(=O)O.NCCN(CC(=O)O)c1ccccc1C(O)C(S)C(N)=O.NCCN(CC(=O)O)c1ccccc1CC(S)C(N)=O. The Hall–Kier alpha value is -7.00. The molecular weight excluding hydrogens is 1150 g/mol. The van der Waals surface area contributed by atoms with Crippen LogP contribution in [0.2, 0.25) is 0 Å². The van der Waals surface area contributed by atoms with Crippen LogP contribution in [0, 0.1) is 0 Å². The molecule has 20 N–H and O–H groups in total. The number of aliphatic carboxylic acids is 4. The van der Waals surface area contributed by atoms with Crippen LogP contribution >= 0.6 is 50.5 Å². The van der Waals surface area contributed by atoms with Gasteiger partial charge in [-0.15, -0.1) is 0 Å². The molecule has 0 aliphatic carbocycles. The van der Waals surface area contributed by atoms with Crippen molar-refractivity contribution >= 4 is 121 Å². The summed E-state index contributed by atoms with van der Waals surface area (Å²) in [5, 5.41) is 70.8. The van der Waals surface area contributed by atoms with Crippen LogP contribution in [-0.2, 0) is 51.2 Å². The lowest BCUT2D eigenvalue weighted by Gasteiger charge is -2.27. The number of carbonyl (C=O) groups excluding carboxylic acids is 4. The number of carbonyl (C=O) groups is 8. The summed E-state index contributed by atoms with van der Waals surface area (Å²) in [7, 11) is 0. The van der Waals surface area contributed by atoms with E-state index >= 15 is 0 Å². The van der Waals surface area contributed by atoms with Crippen molar-refractivity contribution in [1.82, 2.24) is 0 Å². The van der Waals surface area contributed by atoms with Gasteiger partial charge in [-0.1, -0.05) is 72.8 Å². The Morgan fingerprint density at radius 3 is 0.927 bits per heavy atom. The normalized spacial score (nSPS) is 12.7. The third-order valence-corrected chi connectivity index (χ3v) is 13.3. The van der Waals surface area contributed by atoms with Gasteiger partial charge in [-0.2, -0.15) is 50.5 Å². The van der Waals surface area contributed by atoms with Gasteiger partial charge in [0, 0.05) is 73.1 Å². The Morgan fingerprint density at radius 2 is 0.659 bits per heavy atom. The van der Waals surface area contributed by atoms with Gasteiger partial charge in [0.2, 0.25) is 23.6 Å². The molecule has 452 valence electrons. The molecule has 0 bridgehead atoms. The Bertz CT molecular complexity index is 2520. The van der Waals surface area contributed by atoms with Gasteiger partial charge in [0.15, 0.2) is 0 Å². The molecule has 26 nitrogen and oxygen atoms in total. The number of hydrogen-bond donors (Lipinski definition) is 18. The maximum atomic E-state index is 11.2. The standard InChI is InChI=1S/C13H19N3O4S.C13H19N3O3S.C13H18N2O5S.C13H18N2O4S/c14-5-6-16(7-10(17)18)9-4-2-1-3-8(9)11(19)12(21)13(15)20;14-5-6-16(8-12(17)18)10-4-2-1-3-9(10)7-11(20)13(15)19;14-13(20)12(21)11(19)8-3-1-2-4-9(8)15(5-6-16)7-10(17)18;14-13(19)11(20)7-9-3-1-2-4-10(9)15(5-6-16)8-12(17)18/h1-4,11-12,19,21H,5-7,14H2,(H2,15,20)(H,17,18);1-4,11,20H,5-8,14H2,(H2,15,19)(H,17,18);1-4,11-12,16,19,21H,5-7H2,(H2,14,20)(H,17,18);1-4,11,16,20H,5-8H2,(H2,14,19)(H,17,18). The molecule has 6 atom stereocenters. The quantitative estimate of drug-likeness (QED) is 0.0247. The first kappa shape index (κ1) is 73.0. The molecule has 0 aromatic heterocycles. The van der Waals surface area contributed by atoms with E-state index in [0.717, 1.165) is 16.8 Å². The second kappa shape index (κ2) is 38.7. The van der Waals surface area contributed by atoms with Gasteiger partial charge in [0.25, 0.3) is 0 Å². The zero-order valence-corrected chi connectivity index (χ0v) is 48.1. The van der Waals surface area contributed by atoms with Gasteiger partial charge in [0.05, 0.1) is 23.7 Å². The lowest BCUT2D eigenvalue weighted by Crippen LogP contribution is -2.36. The van der Waals surface area contributed by atoms with E-state index in [1.54, 1.807) is 88.7 Å². The van der Waals surface area contributed by atoms with Gasteiger partial charge < -0.3 is 94.9 Å². The van der Waals surface area contributed by atoms with Gasteiger partial charge in [-0.3, -0.25) is 38.4 Å². The minimum absolute atomic E-state index is 0.0733. The molecule has 0 saturated carbocycles. The Labute approximate surface area is 495 Å². The van der Waals surface area contributed by atoms with Gasteiger partial charge >= 0.3 is 23.9 Å². The van der Waals surface area contributed by atoms with E-state index in [1.807, 2.05) is 18.2 Å². The highest BCUT2D eigenvalue weighted by molar-refractivity contribution is 7.82. The molecule has 4 amide bonds. The average Bonchev–Trinajstić information content (AvgIpc) is 3.47. The summed E-state index contributed by atoms with van der Waals surface area (Å²) < 4.78 is 0. The fourth-order valence-electron chi connectivity index (χ4n) is 7.65. The first-order valence-corrected chi connectivity index (χ1v) is 26.8. The predicted octanol–water partition coefficient (Wildman–Crippen LogP) is -1.50. The van der Waals surface area contributed by atoms with E-state index in [1.165, 1.54) is 9.80 Å². The number of thiol groups is 4. The lowest BCUT2D eigenvalue weighted by molar-refractivity contribution is -0.136. The van der Waals surface area contributed by atoms with Crippen molar-refractivity contribution in [2.45, 2.75) is 46.0 Å². The topological polar surface area (TPSA) is 467 Å². The monoisotopic (exact) mass is 1220 g/mol. The molecule has 0 saturated heterocycles. The Kier molecular flexibility index (Phi) is 34.4. The second-order valence-corrected chi connectivity index (χ2v) is 19.8. The summed E-state index contributed by atoms with van der Waals surface area (Å²) in [4.78, 5) is 94.3. The number of carboxylic acid groups (broad SMARTS) is 4. The molecule has 4 aromatic rings. The van der Waals surface area contributed by atoms with Crippen molar-refractivity contribution in [3.05, 3.63) is 119 Å². The van der Waals surface area contributed by atoms with E-state index in [2.05, 4.69) is 50.5 Å². The number of primary amides is 4. The molecule has 4 rings (SSSR count). The molecule has 0 spiro atoms. The fourth-order valence-corrected chi connectivity index (χ4v) is 8.36. The Balaban J connectivity index is 0.000000547. The van der Waals surface area contributed by atoms with Crippen LogP contribution in [0.25, 0.3) is 0 Å². The van der Waals surface area contributed by atoms with E-state index in [0.29, 0.717) is 60.7 Å². The minimum Gasteiger partial charge on any atom is -0.480 e. The van der Waals surface area contributed by atoms with Crippen molar-refractivity contribution in [2.24, 2.45) is 34.4 Å². The largest absolute Gasteiger partial charge is 0.480 e. The van der Waals surface area contributed by atoms with Crippen molar-refractivity contribution < 1.29 is 79.2 Å². The molecule has 6 unspecified atom stereocenters. The van der Waals surface area contributed by atoms with Crippen molar-refractivity contribution in [3.8, 4) is 0 Å². The highest BCUT2D eigenvalue weighted by atomic mass is 32.1. The van der Waals surface area contributed by atoms with Crippen LogP contribution in [0.15, 0.2) is 97.1 Å². The number of nitrogens with zero attached hydrogens (tertiary/aromatic N) is 4. The molecule has 4 aromatic carbocycles. The smallest absolute Gasteiger partial charge is 0.323 e. The van der Waals surface area contributed by atoms with Crippen LogP contribution in [0.1, 0.15) is 34.5 Å². The summed E-state index contributed by atoms with van der Waals surface area (Å²) in [6.45, 7) is 0.140. The number of carboxylic acids is 4. The molecule has 0 aliphatic heterocycles. The van der Waals surface area contributed by atoms with Crippen LogP contribution in [0.5, 0.6) is 0 Å². The zero-order chi connectivity index (χ0) is 62.2. The second-order valence-electron chi connectivity index (χ2n) is 17.5.